The number of nitriles is 1. The van der Waals surface area contributed by atoms with Crippen molar-refractivity contribution in [3.8, 4) is 34.8 Å². The van der Waals surface area contributed by atoms with E-state index in [1.54, 1.807) is 0 Å². The van der Waals surface area contributed by atoms with Gasteiger partial charge in [-0.05, 0) is 37.8 Å². The topological polar surface area (TPSA) is 155 Å². The Balaban J connectivity index is 1.75. The summed E-state index contributed by atoms with van der Waals surface area (Å²) in [6.07, 6.45) is 0.830. The van der Waals surface area contributed by atoms with Gasteiger partial charge in [-0.25, -0.2) is 0 Å². The summed E-state index contributed by atoms with van der Waals surface area (Å²) in [6.45, 7) is 3.49. The van der Waals surface area contributed by atoms with Gasteiger partial charge in [-0.3, -0.25) is 4.90 Å². The minimum absolute atomic E-state index is 0.0721. The molecule has 9 nitrogen and oxygen atoms in total. The maximum atomic E-state index is 11.1. The van der Waals surface area contributed by atoms with Crippen LogP contribution in [0.25, 0.3) is 0 Å². The number of nitrogens with two attached hydrogens (primary N) is 1. The predicted octanol–water partition coefficient (Wildman–Crippen LogP) is 1.52. The Kier molecular flexibility index (Phi) is 4.86. The fraction of sp³-hybridized carbons (Fsp3) is 0.458. The van der Waals surface area contributed by atoms with Crippen molar-refractivity contribution in [1.29, 1.82) is 5.26 Å². The number of hydrogen-bond acceptors (Lipinski definition) is 9. The van der Waals surface area contributed by atoms with Crippen molar-refractivity contribution in [3.05, 3.63) is 39.4 Å². The molecular weight excluding hydrogens is 424 g/mol. The number of piperazine rings is 1. The Morgan fingerprint density at radius 2 is 1.85 bits per heavy atom. The third-order valence-electron chi connectivity index (χ3n) is 7.65. The van der Waals surface area contributed by atoms with Crippen LogP contribution in [-0.4, -0.2) is 57.1 Å². The molecule has 5 rings (SSSR count). The van der Waals surface area contributed by atoms with E-state index in [1.165, 1.54) is 14.0 Å². The molecule has 2 aromatic rings. The highest BCUT2D eigenvalue weighted by Crippen LogP contribution is 2.54. The molecule has 0 radical (unpaired) electrons. The van der Waals surface area contributed by atoms with Crippen LogP contribution in [0.1, 0.15) is 45.5 Å². The molecule has 1 fully saturated rings. The average molecular weight is 453 g/mol. The highest BCUT2D eigenvalue weighted by Gasteiger charge is 2.53. The number of fused-ring (bicyclic) bond motifs is 7. The molecule has 0 amide bonds. The van der Waals surface area contributed by atoms with Gasteiger partial charge in [0.25, 0.3) is 0 Å². The van der Waals surface area contributed by atoms with E-state index in [9.17, 15) is 25.7 Å². The molecule has 3 aliphatic heterocycles. The molecule has 1 saturated heterocycles. The molecule has 33 heavy (non-hydrogen) atoms. The number of methoxy groups -OCH3 is 1. The first kappa shape index (κ1) is 21.6. The fourth-order valence-electron chi connectivity index (χ4n) is 6.22. The van der Waals surface area contributed by atoms with Crippen LogP contribution < -0.4 is 15.8 Å². The van der Waals surface area contributed by atoms with Gasteiger partial charge in [0, 0.05) is 40.9 Å². The zero-order valence-electron chi connectivity index (χ0n) is 18.8. The summed E-state index contributed by atoms with van der Waals surface area (Å²) in [5, 5.41) is 56.9. The second-order valence-corrected chi connectivity index (χ2v) is 9.21. The second kappa shape index (κ2) is 7.42. The van der Waals surface area contributed by atoms with E-state index >= 15 is 0 Å². The number of phenols is 4. The first-order valence-corrected chi connectivity index (χ1v) is 11.0. The third kappa shape index (κ3) is 2.75. The van der Waals surface area contributed by atoms with Gasteiger partial charge in [0.1, 0.15) is 11.8 Å². The van der Waals surface area contributed by atoms with Gasteiger partial charge in [-0.15, -0.1) is 0 Å². The smallest absolute Gasteiger partial charge is 0.164 e. The fourth-order valence-corrected chi connectivity index (χ4v) is 6.22. The van der Waals surface area contributed by atoms with E-state index in [0.717, 1.165) is 16.7 Å². The number of aryl methyl sites for hydroxylation is 1. The van der Waals surface area contributed by atoms with Gasteiger partial charge < -0.3 is 36.2 Å². The quantitative estimate of drug-likeness (QED) is 0.294. The number of nitrogens with one attached hydrogen (secondary N) is 1. The molecule has 0 saturated carbocycles. The van der Waals surface area contributed by atoms with Crippen LogP contribution in [0.4, 0.5) is 0 Å². The summed E-state index contributed by atoms with van der Waals surface area (Å²) in [5.41, 5.74) is 9.73. The summed E-state index contributed by atoms with van der Waals surface area (Å²) in [5.74, 6) is -0.292. The van der Waals surface area contributed by atoms with Gasteiger partial charge in [-0.2, -0.15) is 5.26 Å². The summed E-state index contributed by atoms with van der Waals surface area (Å²) in [6, 6.07) is 2.35. The lowest BCUT2D eigenvalue weighted by Crippen LogP contribution is -2.68. The van der Waals surface area contributed by atoms with Crippen LogP contribution in [0.3, 0.4) is 0 Å². The summed E-state index contributed by atoms with van der Waals surface area (Å²) in [7, 11) is 1.52. The number of benzene rings is 2. The van der Waals surface area contributed by atoms with E-state index in [4.69, 9.17) is 10.5 Å². The maximum absolute atomic E-state index is 11.1. The van der Waals surface area contributed by atoms with E-state index in [2.05, 4.69) is 11.4 Å². The van der Waals surface area contributed by atoms with Crippen LogP contribution >= 0.6 is 0 Å². The first-order chi connectivity index (χ1) is 15.7. The Hall–Kier alpha value is -3.19. The zero-order valence-corrected chi connectivity index (χ0v) is 18.8. The Morgan fingerprint density at radius 3 is 2.48 bits per heavy atom. The van der Waals surface area contributed by atoms with Gasteiger partial charge in [0.15, 0.2) is 23.0 Å². The first-order valence-electron chi connectivity index (χ1n) is 11.0. The van der Waals surface area contributed by atoms with Crippen LogP contribution in [0.15, 0.2) is 6.07 Å². The molecule has 2 bridgehead atoms. The third-order valence-corrected chi connectivity index (χ3v) is 7.65. The largest absolute Gasteiger partial charge is 0.507 e. The minimum Gasteiger partial charge on any atom is -0.507 e. The lowest BCUT2D eigenvalue weighted by atomic mass is 9.72. The van der Waals surface area contributed by atoms with Crippen molar-refractivity contribution in [2.75, 3.05) is 13.7 Å². The van der Waals surface area contributed by atoms with Crippen molar-refractivity contribution in [2.45, 2.75) is 56.9 Å². The number of hydrogen-bond donors (Lipinski definition) is 6. The maximum Gasteiger partial charge on any atom is 0.164 e. The molecule has 5 atom stereocenters. The highest BCUT2D eigenvalue weighted by atomic mass is 16.5. The molecule has 3 heterocycles. The minimum atomic E-state index is -0.594. The SMILES string of the molecule is COc1c(C)cc2c(c1O)[C@@H]1N[C@@H](C2)[C@H](C#N)N2[C@@H](CN)c3c(O)c(O)c(C)c(O)c3C[C@@H]12. The van der Waals surface area contributed by atoms with Gasteiger partial charge >= 0.3 is 0 Å². The Morgan fingerprint density at radius 1 is 1.12 bits per heavy atom. The summed E-state index contributed by atoms with van der Waals surface area (Å²) < 4.78 is 5.46. The number of nitrogens with zero attached hydrogens (tertiary/aromatic N) is 2. The molecule has 0 unspecified atom stereocenters. The van der Waals surface area contributed by atoms with Crippen molar-refractivity contribution in [2.24, 2.45) is 5.73 Å². The second-order valence-electron chi connectivity index (χ2n) is 9.21. The van der Waals surface area contributed by atoms with E-state index in [-0.39, 0.29) is 53.2 Å². The van der Waals surface area contributed by atoms with Crippen LogP contribution in [-0.2, 0) is 12.8 Å². The van der Waals surface area contributed by atoms with Crippen LogP contribution in [0.5, 0.6) is 28.7 Å². The van der Waals surface area contributed by atoms with E-state index in [1.807, 2.05) is 17.9 Å². The van der Waals surface area contributed by atoms with Crippen LogP contribution in [0.2, 0.25) is 0 Å². The molecule has 3 aliphatic rings. The number of rotatable bonds is 2. The van der Waals surface area contributed by atoms with Crippen molar-refractivity contribution in [1.82, 2.24) is 10.2 Å². The standard InChI is InChI=1S/C24H28N4O5/c1-9-4-11-5-13-15(7-25)28-14(19(27-13)17(11)23(32)24(9)33-3)6-12-18(16(28)8-26)22(31)21(30)10(2)20(12)29/h4,13-16,19,27,29-32H,5-6,8,26H2,1-3H3/t13-,14-,15-,16-,19+/m0/s1. The van der Waals surface area contributed by atoms with Crippen molar-refractivity contribution < 1.29 is 25.2 Å². The molecule has 0 aliphatic carbocycles. The number of aromatic hydroxyl groups is 4. The van der Waals surface area contributed by atoms with Gasteiger partial charge in [0.05, 0.1) is 25.3 Å². The van der Waals surface area contributed by atoms with Crippen LogP contribution in [0, 0.1) is 25.2 Å². The Labute approximate surface area is 191 Å². The number of ether oxygens (including phenoxy) is 1. The zero-order chi connectivity index (χ0) is 23.8. The molecule has 9 heteroatoms. The predicted molar refractivity (Wildman–Crippen MR) is 119 cm³/mol. The van der Waals surface area contributed by atoms with Gasteiger partial charge in [0.2, 0.25) is 0 Å². The summed E-state index contributed by atoms with van der Waals surface area (Å²) in [4.78, 5) is 1.98. The normalized spacial score (nSPS) is 27.8. The molecular formula is C24H28N4O5. The molecule has 174 valence electrons. The van der Waals surface area contributed by atoms with Gasteiger partial charge in [-0.1, -0.05) is 6.07 Å². The Bertz CT molecular complexity index is 1210. The summed E-state index contributed by atoms with van der Waals surface area (Å²) >= 11 is 0. The lowest BCUT2D eigenvalue weighted by Gasteiger charge is -2.56. The molecule has 0 aromatic heterocycles. The monoisotopic (exact) mass is 452 g/mol. The highest BCUT2D eigenvalue weighted by molar-refractivity contribution is 5.64. The van der Waals surface area contributed by atoms with E-state index in [0.29, 0.717) is 29.7 Å². The number of phenolic OH excluding ortho intramolecular Hbond substituents is 4. The lowest BCUT2D eigenvalue weighted by molar-refractivity contribution is 0.00146. The van der Waals surface area contributed by atoms with Crippen molar-refractivity contribution in [3.63, 3.8) is 0 Å². The molecule has 2 aromatic carbocycles. The van der Waals surface area contributed by atoms with Crippen molar-refractivity contribution >= 4 is 0 Å². The van der Waals surface area contributed by atoms with E-state index < -0.39 is 12.1 Å². The molecule has 0 spiro atoms. The molecule has 7 N–H and O–H groups in total. The average Bonchev–Trinajstić information content (AvgIpc) is 2.80.